The molecular weight excluding hydrogens is 310 g/mol. The van der Waals surface area contributed by atoms with E-state index < -0.39 is 11.5 Å². The van der Waals surface area contributed by atoms with Gasteiger partial charge in [0.2, 0.25) is 5.91 Å². The van der Waals surface area contributed by atoms with Gasteiger partial charge < -0.3 is 19.5 Å². The fraction of sp³-hybridized carbons (Fsp3) is 0.235. The quantitative estimate of drug-likeness (QED) is 0.907. The average molecular weight is 327 g/mol. The van der Waals surface area contributed by atoms with Crippen LogP contribution in [0.4, 0.5) is 5.69 Å². The summed E-state index contributed by atoms with van der Waals surface area (Å²) in [6.45, 7) is 0.609. The van der Waals surface area contributed by atoms with E-state index in [1.165, 1.54) is 17.2 Å². The first-order chi connectivity index (χ1) is 11.6. The number of nitrogens with one attached hydrogen (secondary N) is 1. The van der Waals surface area contributed by atoms with Crippen LogP contribution in [-0.2, 0) is 4.79 Å². The van der Waals surface area contributed by atoms with Gasteiger partial charge in [-0.2, -0.15) is 0 Å². The molecular formula is C17H17N3O4. The molecule has 2 amide bonds. The molecule has 1 aromatic heterocycles. The molecule has 2 aromatic rings. The third-order valence-corrected chi connectivity index (χ3v) is 3.93. The number of rotatable bonds is 3. The van der Waals surface area contributed by atoms with Gasteiger partial charge >= 0.3 is 0 Å². The van der Waals surface area contributed by atoms with Crippen molar-refractivity contribution in [1.29, 1.82) is 0 Å². The van der Waals surface area contributed by atoms with E-state index in [0.29, 0.717) is 24.5 Å². The van der Waals surface area contributed by atoms with Crippen LogP contribution in [0.2, 0.25) is 0 Å². The topological polar surface area (TPSA) is 82.7 Å². The summed E-state index contributed by atoms with van der Waals surface area (Å²) in [7, 11) is 1.55. The van der Waals surface area contributed by atoms with Gasteiger partial charge in [-0.15, -0.1) is 0 Å². The molecule has 7 nitrogen and oxygen atoms in total. The number of hydrogen-bond acceptors (Lipinski definition) is 4. The Hall–Kier alpha value is -3.09. The number of para-hydroxylation sites is 2. The van der Waals surface area contributed by atoms with Crippen molar-refractivity contribution in [1.82, 2.24) is 9.88 Å². The molecule has 0 unspecified atom stereocenters. The smallest absolute Gasteiger partial charge is 0.260 e. The van der Waals surface area contributed by atoms with Gasteiger partial charge in [0.25, 0.3) is 11.5 Å². The zero-order chi connectivity index (χ0) is 17.1. The van der Waals surface area contributed by atoms with Crippen LogP contribution in [0.3, 0.4) is 0 Å². The highest BCUT2D eigenvalue weighted by molar-refractivity contribution is 6.02. The lowest BCUT2D eigenvalue weighted by Crippen LogP contribution is -2.53. The molecule has 0 atom stereocenters. The number of aromatic nitrogens is 1. The fourth-order valence-electron chi connectivity index (χ4n) is 2.71. The third kappa shape index (κ3) is 2.88. The van der Waals surface area contributed by atoms with Gasteiger partial charge in [-0.05, 0) is 24.3 Å². The zero-order valence-corrected chi connectivity index (χ0v) is 13.2. The Bertz CT molecular complexity index is 830. The molecule has 0 aliphatic carbocycles. The maximum absolute atomic E-state index is 12.5. The first kappa shape index (κ1) is 15.8. The second kappa shape index (κ2) is 6.57. The Morgan fingerprint density at radius 1 is 1.12 bits per heavy atom. The second-order valence-electron chi connectivity index (χ2n) is 5.36. The number of carbonyl (C=O) groups excluding carboxylic acids is 2. The number of nitrogens with zero attached hydrogens (tertiary/aromatic N) is 2. The first-order valence-electron chi connectivity index (χ1n) is 7.52. The van der Waals surface area contributed by atoms with Crippen LogP contribution in [-0.4, -0.2) is 48.4 Å². The van der Waals surface area contributed by atoms with Gasteiger partial charge in [0.1, 0.15) is 17.9 Å². The lowest BCUT2D eigenvalue weighted by atomic mass is 10.2. The average Bonchev–Trinajstić information content (AvgIpc) is 2.61. The van der Waals surface area contributed by atoms with E-state index in [9.17, 15) is 14.4 Å². The number of anilines is 1. The molecule has 7 heteroatoms. The summed E-state index contributed by atoms with van der Waals surface area (Å²) in [6.07, 6.45) is 1.46. The molecule has 124 valence electrons. The van der Waals surface area contributed by atoms with Gasteiger partial charge in [0, 0.05) is 19.3 Å². The van der Waals surface area contributed by atoms with Crippen molar-refractivity contribution < 1.29 is 14.3 Å². The first-order valence-corrected chi connectivity index (χ1v) is 7.52. The van der Waals surface area contributed by atoms with Crippen molar-refractivity contribution in [3.8, 4) is 5.75 Å². The third-order valence-electron chi connectivity index (χ3n) is 3.93. The van der Waals surface area contributed by atoms with E-state index in [-0.39, 0.29) is 18.0 Å². The van der Waals surface area contributed by atoms with Gasteiger partial charge in [0.15, 0.2) is 0 Å². The molecule has 0 saturated carbocycles. The number of pyridine rings is 1. The Labute approximate surface area is 138 Å². The summed E-state index contributed by atoms with van der Waals surface area (Å²) >= 11 is 0. The predicted octanol–water partition coefficient (Wildman–Crippen LogP) is 0.872. The number of piperazine rings is 1. The fourth-order valence-corrected chi connectivity index (χ4v) is 2.71. The van der Waals surface area contributed by atoms with Gasteiger partial charge in [0.05, 0.1) is 12.8 Å². The van der Waals surface area contributed by atoms with Crippen LogP contribution in [0, 0.1) is 0 Å². The molecule has 1 aliphatic rings. The number of carbonyl (C=O) groups is 2. The van der Waals surface area contributed by atoms with Crippen molar-refractivity contribution >= 4 is 17.5 Å². The van der Waals surface area contributed by atoms with Crippen LogP contribution < -0.4 is 15.2 Å². The van der Waals surface area contributed by atoms with E-state index >= 15 is 0 Å². The molecule has 2 heterocycles. The van der Waals surface area contributed by atoms with E-state index in [1.54, 1.807) is 30.2 Å². The molecule has 1 fully saturated rings. The van der Waals surface area contributed by atoms with Crippen LogP contribution in [0.15, 0.2) is 47.4 Å². The van der Waals surface area contributed by atoms with Gasteiger partial charge in [-0.3, -0.25) is 14.4 Å². The molecule has 1 aromatic carbocycles. The molecule has 3 rings (SSSR count). The zero-order valence-electron chi connectivity index (χ0n) is 13.2. The summed E-state index contributed by atoms with van der Waals surface area (Å²) in [6, 6.07) is 10.3. The summed E-state index contributed by atoms with van der Waals surface area (Å²) in [4.78, 5) is 42.1. The van der Waals surface area contributed by atoms with E-state index in [1.807, 2.05) is 12.1 Å². The molecule has 1 aliphatic heterocycles. The SMILES string of the molecule is COc1ccccc1N1CCN(C(=O)c2ccc[nH]c2=O)CC1=O. The minimum atomic E-state index is -0.456. The molecule has 0 spiro atoms. The maximum atomic E-state index is 12.5. The second-order valence-corrected chi connectivity index (χ2v) is 5.36. The van der Waals surface area contributed by atoms with Crippen LogP contribution in [0.1, 0.15) is 10.4 Å². The minimum absolute atomic E-state index is 0.0380. The minimum Gasteiger partial charge on any atom is -0.495 e. The number of H-pyrrole nitrogens is 1. The van der Waals surface area contributed by atoms with E-state index in [0.717, 1.165) is 0 Å². The molecule has 1 saturated heterocycles. The highest BCUT2D eigenvalue weighted by atomic mass is 16.5. The lowest BCUT2D eigenvalue weighted by Gasteiger charge is -2.34. The summed E-state index contributed by atoms with van der Waals surface area (Å²) in [5.74, 6) is -0.0542. The predicted molar refractivity (Wildman–Crippen MR) is 88.3 cm³/mol. The van der Waals surface area contributed by atoms with Crippen molar-refractivity contribution in [2.24, 2.45) is 0 Å². The largest absolute Gasteiger partial charge is 0.495 e. The van der Waals surface area contributed by atoms with Crippen LogP contribution in [0.5, 0.6) is 5.75 Å². The summed E-state index contributed by atoms with van der Waals surface area (Å²) < 4.78 is 5.29. The highest BCUT2D eigenvalue weighted by Crippen LogP contribution is 2.28. The number of aromatic amines is 1. The molecule has 0 bridgehead atoms. The number of amides is 2. The molecule has 0 radical (unpaired) electrons. The van der Waals surface area contributed by atoms with Gasteiger partial charge in [-0.1, -0.05) is 12.1 Å². The Balaban J connectivity index is 1.79. The van der Waals surface area contributed by atoms with E-state index in [2.05, 4.69) is 4.98 Å². The summed E-state index contributed by atoms with van der Waals surface area (Å²) in [5, 5.41) is 0. The number of ether oxygens (including phenoxy) is 1. The summed E-state index contributed by atoms with van der Waals surface area (Å²) in [5.41, 5.74) is 0.257. The Kier molecular flexibility index (Phi) is 4.33. The van der Waals surface area contributed by atoms with Crippen molar-refractivity contribution in [2.75, 3.05) is 31.6 Å². The monoisotopic (exact) mass is 327 g/mol. The molecule has 1 N–H and O–H groups in total. The highest BCUT2D eigenvalue weighted by Gasteiger charge is 2.30. The number of methoxy groups -OCH3 is 1. The number of benzene rings is 1. The Morgan fingerprint density at radius 3 is 2.62 bits per heavy atom. The van der Waals surface area contributed by atoms with Crippen LogP contribution >= 0.6 is 0 Å². The van der Waals surface area contributed by atoms with Crippen molar-refractivity contribution in [2.45, 2.75) is 0 Å². The molecule has 24 heavy (non-hydrogen) atoms. The number of hydrogen-bond donors (Lipinski definition) is 1. The maximum Gasteiger partial charge on any atom is 0.260 e. The van der Waals surface area contributed by atoms with Crippen molar-refractivity contribution in [3.05, 3.63) is 58.5 Å². The standard InChI is InChI=1S/C17H17N3O4/c1-24-14-7-3-2-6-13(14)20-10-9-19(11-15(20)21)17(23)12-5-4-8-18-16(12)22/h2-8H,9-11H2,1H3,(H,18,22). The van der Waals surface area contributed by atoms with E-state index in [4.69, 9.17) is 4.74 Å². The van der Waals surface area contributed by atoms with Crippen LogP contribution in [0.25, 0.3) is 0 Å². The normalized spacial score (nSPS) is 14.6. The Morgan fingerprint density at radius 2 is 1.92 bits per heavy atom. The van der Waals surface area contributed by atoms with Gasteiger partial charge in [-0.25, -0.2) is 0 Å². The lowest BCUT2D eigenvalue weighted by molar-refractivity contribution is -0.120. The van der Waals surface area contributed by atoms with Crippen molar-refractivity contribution in [3.63, 3.8) is 0 Å².